The first-order chi connectivity index (χ1) is 13.0. The summed E-state index contributed by atoms with van der Waals surface area (Å²) in [5.41, 5.74) is 2.95. The Labute approximate surface area is 162 Å². The van der Waals surface area contributed by atoms with E-state index in [0.29, 0.717) is 22.3 Å². The number of thioether (sulfide) groups is 1. The summed E-state index contributed by atoms with van der Waals surface area (Å²) >= 11 is 1.37. The topological polar surface area (TPSA) is 65.0 Å². The van der Waals surface area contributed by atoms with Crippen LogP contribution in [0.25, 0.3) is 6.08 Å². The highest BCUT2D eigenvalue weighted by molar-refractivity contribution is 8.19. The van der Waals surface area contributed by atoms with Crippen LogP contribution in [0.2, 0.25) is 0 Å². The van der Waals surface area contributed by atoms with E-state index in [-0.39, 0.29) is 12.5 Å². The molecule has 0 spiro atoms. The molecule has 5 nitrogen and oxygen atoms in total. The van der Waals surface area contributed by atoms with Crippen LogP contribution in [0.3, 0.4) is 0 Å². The third kappa shape index (κ3) is 5.08. The zero-order chi connectivity index (χ0) is 19.2. The van der Waals surface area contributed by atoms with Crippen molar-refractivity contribution in [1.29, 1.82) is 0 Å². The highest BCUT2D eigenvalue weighted by atomic mass is 32.2. The van der Waals surface area contributed by atoms with Crippen molar-refractivity contribution in [3.8, 4) is 5.75 Å². The van der Waals surface area contributed by atoms with Crippen LogP contribution in [-0.2, 0) is 14.3 Å². The van der Waals surface area contributed by atoms with Crippen molar-refractivity contribution in [1.82, 2.24) is 0 Å². The van der Waals surface area contributed by atoms with Crippen LogP contribution < -0.4 is 4.74 Å². The van der Waals surface area contributed by atoms with Gasteiger partial charge in [-0.25, -0.2) is 9.79 Å². The smallest absolute Gasteiger partial charge is 0.344 e. The maximum atomic E-state index is 12.2. The SMILES string of the molecule is CCOC(=O)COc1ccc(/C=C2/SC(c3ccc(C)cc3)=NC2=O)cc1. The van der Waals surface area contributed by atoms with Gasteiger partial charge in [-0.3, -0.25) is 4.79 Å². The molecule has 0 atom stereocenters. The number of amides is 1. The number of esters is 1. The summed E-state index contributed by atoms with van der Waals surface area (Å²) in [4.78, 5) is 28.2. The van der Waals surface area contributed by atoms with Crippen LogP contribution in [0, 0.1) is 6.92 Å². The van der Waals surface area contributed by atoms with E-state index in [1.807, 2.05) is 43.3 Å². The van der Waals surface area contributed by atoms with Gasteiger partial charge in [-0.1, -0.05) is 53.7 Å². The van der Waals surface area contributed by atoms with Gasteiger partial charge < -0.3 is 9.47 Å². The Morgan fingerprint density at radius 3 is 2.48 bits per heavy atom. The minimum absolute atomic E-state index is 0.129. The molecule has 3 rings (SSSR count). The van der Waals surface area contributed by atoms with Crippen LogP contribution in [0.4, 0.5) is 0 Å². The molecule has 0 unspecified atom stereocenters. The van der Waals surface area contributed by atoms with Gasteiger partial charge in [-0.15, -0.1) is 0 Å². The van der Waals surface area contributed by atoms with E-state index < -0.39 is 5.97 Å². The lowest BCUT2D eigenvalue weighted by Gasteiger charge is -2.06. The Morgan fingerprint density at radius 1 is 1.11 bits per heavy atom. The highest BCUT2D eigenvalue weighted by Crippen LogP contribution is 2.32. The second-order valence-electron chi connectivity index (χ2n) is 5.86. The van der Waals surface area contributed by atoms with Gasteiger partial charge in [0.25, 0.3) is 5.91 Å². The maximum Gasteiger partial charge on any atom is 0.344 e. The average Bonchev–Trinajstić information content (AvgIpc) is 3.02. The molecule has 6 heteroatoms. The number of hydrogen-bond acceptors (Lipinski definition) is 5. The largest absolute Gasteiger partial charge is 0.482 e. The molecule has 1 amide bonds. The number of rotatable bonds is 6. The predicted octanol–water partition coefficient (Wildman–Crippen LogP) is 4.00. The molecule has 1 aliphatic rings. The highest BCUT2D eigenvalue weighted by Gasteiger charge is 2.22. The third-order valence-corrected chi connectivity index (χ3v) is 4.79. The second-order valence-corrected chi connectivity index (χ2v) is 6.89. The number of ether oxygens (including phenoxy) is 2. The van der Waals surface area contributed by atoms with Crippen molar-refractivity contribution < 1.29 is 19.1 Å². The number of aryl methyl sites for hydroxylation is 1. The summed E-state index contributed by atoms with van der Waals surface area (Å²) in [6, 6.07) is 15.1. The molecule has 0 bridgehead atoms. The monoisotopic (exact) mass is 381 g/mol. The van der Waals surface area contributed by atoms with Crippen LogP contribution >= 0.6 is 11.8 Å². The zero-order valence-electron chi connectivity index (χ0n) is 15.1. The summed E-state index contributed by atoms with van der Waals surface area (Å²) in [7, 11) is 0. The van der Waals surface area contributed by atoms with Crippen molar-refractivity contribution in [3.63, 3.8) is 0 Å². The quantitative estimate of drug-likeness (QED) is 0.559. The van der Waals surface area contributed by atoms with Crippen molar-refractivity contribution in [2.45, 2.75) is 13.8 Å². The lowest BCUT2D eigenvalue weighted by atomic mass is 10.2. The predicted molar refractivity (Wildman–Crippen MR) is 107 cm³/mol. The molecule has 1 aliphatic heterocycles. The summed E-state index contributed by atoms with van der Waals surface area (Å²) in [5.74, 6) is -0.0807. The summed E-state index contributed by atoms with van der Waals surface area (Å²) in [6.45, 7) is 3.96. The minimum Gasteiger partial charge on any atom is -0.482 e. The summed E-state index contributed by atoms with van der Waals surface area (Å²) in [5, 5.41) is 0.709. The molecule has 2 aromatic carbocycles. The molecule has 0 saturated heterocycles. The number of hydrogen-bond donors (Lipinski definition) is 0. The first-order valence-corrected chi connectivity index (χ1v) is 9.35. The molecular weight excluding hydrogens is 362 g/mol. The van der Waals surface area contributed by atoms with Crippen molar-refractivity contribution in [2.24, 2.45) is 4.99 Å². The molecule has 0 N–H and O–H groups in total. The molecule has 0 radical (unpaired) electrons. The first-order valence-electron chi connectivity index (χ1n) is 8.53. The van der Waals surface area contributed by atoms with Crippen LogP contribution in [0.1, 0.15) is 23.6 Å². The van der Waals surface area contributed by atoms with Crippen molar-refractivity contribution >= 4 is 34.8 Å². The van der Waals surface area contributed by atoms with E-state index in [9.17, 15) is 9.59 Å². The zero-order valence-corrected chi connectivity index (χ0v) is 15.9. The maximum absolute atomic E-state index is 12.2. The molecule has 27 heavy (non-hydrogen) atoms. The Hall–Kier alpha value is -2.86. The number of carbonyl (C=O) groups excluding carboxylic acids is 2. The van der Waals surface area contributed by atoms with E-state index in [1.165, 1.54) is 11.8 Å². The van der Waals surface area contributed by atoms with Gasteiger partial charge in [-0.05, 0) is 37.6 Å². The Morgan fingerprint density at radius 2 is 1.81 bits per heavy atom. The van der Waals surface area contributed by atoms with E-state index in [2.05, 4.69) is 4.99 Å². The molecule has 138 valence electrons. The lowest BCUT2D eigenvalue weighted by Crippen LogP contribution is -2.14. The Kier molecular flexibility index (Phi) is 6.08. The van der Waals surface area contributed by atoms with E-state index in [0.717, 1.165) is 16.7 Å². The molecular formula is C21H19NO4S. The number of aliphatic imine (C=N–C) groups is 1. The van der Waals surface area contributed by atoms with E-state index >= 15 is 0 Å². The fourth-order valence-corrected chi connectivity index (χ4v) is 3.30. The van der Waals surface area contributed by atoms with Gasteiger partial charge in [0.15, 0.2) is 6.61 Å². The number of benzene rings is 2. The number of nitrogens with zero attached hydrogens (tertiary/aromatic N) is 1. The van der Waals surface area contributed by atoms with Gasteiger partial charge in [-0.2, -0.15) is 0 Å². The second kappa shape index (κ2) is 8.68. The Bertz CT molecular complexity index is 899. The average molecular weight is 381 g/mol. The summed E-state index contributed by atoms with van der Waals surface area (Å²) in [6.07, 6.45) is 1.80. The van der Waals surface area contributed by atoms with Crippen molar-refractivity contribution in [3.05, 3.63) is 70.1 Å². The first kappa shape index (κ1) is 18.9. The van der Waals surface area contributed by atoms with Gasteiger partial charge in [0.1, 0.15) is 10.8 Å². The normalized spacial score (nSPS) is 15.0. The van der Waals surface area contributed by atoms with Gasteiger partial charge >= 0.3 is 5.97 Å². The third-order valence-electron chi connectivity index (χ3n) is 3.76. The fourth-order valence-electron chi connectivity index (χ4n) is 2.39. The van der Waals surface area contributed by atoms with Gasteiger partial charge in [0.2, 0.25) is 0 Å². The van der Waals surface area contributed by atoms with Crippen molar-refractivity contribution in [2.75, 3.05) is 13.2 Å². The standard InChI is InChI=1S/C21H19NO4S/c1-3-25-19(23)13-26-17-10-6-15(7-11-17)12-18-20(24)22-21(27-18)16-8-4-14(2)5-9-16/h4-12H,3,13H2,1-2H3/b18-12+. The fraction of sp³-hybridized carbons (Fsp3) is 0.190. The molecule has 0 aromatic heterocycles. The molecule has 0 aliphatic carbocycles. The minimum atomic E-state index is -0.405. The molecule has 0 fully saturated rings. The Balaban J connectivity index is 1.64. The number of carbonyl (C=O) groups is 2. The molecule has 0 saturated carbocycles. The van der Waals surface area contributed by atoms with E-state index in [1.54, 1.807) is 25.1 Å². The molecule has 1 heterocycles. The van der Waals surface area contributed by atoms with Crippen LogP contribution in [-0.4, -0.2) is 30.1 Å². The van der Waals surface area contributed by atoms with Gasteiger partial charge in [0, 0.05) is 5.56 Å². The molecule has 2 aromatic rings. The lowest BCUT2D eigenvalue weighted by molar-refractivity contribution is -0.145. The van der Waals surface area contributed by atoms with E-state index in [4.69, 9.17) is 9.47 Å². The van der Waals surface area contributed by atoms with Crippen LogP contribution in [0.5, 0.6) is 5.75 Å². The van der Waals surface area contributed by atoms with Crippen LogP contribution in [0.15, 0.2) is 58.4 Å². The van der Waals surface area contributed by atoms with Gasteiger partial charge in [0.05, 0.1) is 11.5 Å². The summed E-state index contributed by atoms with van der Waals surface area (Å²) < 4.78 is 10.2.